The van der Waals surface area contributed by atoms with Gasteiger partial charge in [0.25, 0.3) is 0 Å². The summed E-state index contributed by atoms with van der Waals surface area (Å²) in [6, 6.07) is 4.29. The maximum Gasteiger partial charge on any atom is 0.205 e. The first-order valence-electron chi connectivity index (χ1n) is 11.6. The van der Waals surface area contributed by atoms with Crippen molar-refractivity contribution < 1.29 is 0 Å². The lowest BCUT2D eigenvalue weighted by Gasteiger charge is -2.36. The van der Waals surface area contributed by atoms with E-state index in [-0.39, 0.29) is 0 Å². The van der Waals surface area contributed by atoms with Crippen LogP contribution in [0.5, 0.6) is 0 Å². The average Bonchev–Trinajstić information content (AvgIpc) is 3.32. The van der Waals surface area contributed by atoms with E-state index in [9.17, 15) is 0 Å². The standard InChI is InChI=1S/C22H34N8S/c1-3-19-26-22(31-27-19)30-14-12-29(13-15-30)21(23-4-2)25-17-18-8-9-24-20(16-18)28-10-6-5-7-11-28/h8-9,16H,3-7,10-15,17H2,1-2H3,(H,23,25). The Balaban J connectivity index is 1.37. The van der Waals surface area contributed by atoms with Gasteiger partial charge in [0.15, 0.2) is 5.96 Å². The van der Waals surface area contributed by atoms with E-state index in [1.165, 1.54) is 36.4 Å². The molecule has 8 nitrogen and oxygen atoms in total. The molecule has 2 aromatic rings. The van der Waals surface area contributed by atoms with E-state index in [0.717, 1.165) is 75.0 Å². The zero-order valence-electron chi connectivity index (χ0n) is 18.8. The number of rotatable bonds is 6. The van der Waals surface area contributed by atoms with Gasteiger partial charge >= 0.3 is 0 Å². The van der Waals surface area contributed by atoms with Gasteiger partial charge in [-0.15, -0.1) is 0 Å². The quantitative estimate of drug-likeness (QED) is 0.545. The number of aryl methyl sites for hydroxylation is 1. The molecule has 0 saturated carbocycles. The van der Waals surface area contributed by atoms with Crippen molar-refractivity contribution in [2.24, 2.45) is 4.99 Å². The zero-order valence-corrected chi connectivity index (χ0v) is 19.6. The number of anilines is 2. The first-order valence-corrected chi connectivity index (χ1v) is 12.3. The molecule has 0 bridgehead atoms. The average molecular weight is 443 g/mol. The molecule has 0 aliphatic carbocycles. The second-order valence-electron chi connectivity index (χ2n) is 8.06. The molecular formula is C22H34N8S. The fraction of sp³-hybridized carbons (Fsp3) is 0.636. The Bertz CT molecular complexity index is 853. The maximum atomic E-state index is 4.95. The lowest BCUT2D eigenvalue weighted by Crippen LogP contribution is -2.52. The van der Waals surface area contributed by atoms with Crippen LogP contribution >= 0.6 is 11.5 Å². The zero-order chi connectivity index (χ0) is 21.5. The van der Waals surface area contributed by atoms with Crippen LogP contribution in [0, 0.1) is 0 Å². The van der Waals surface area contributed by atoms with Crippen LogP contribution in [0.25, 0.3) is 0 Å². The molecule has 31 heavy (non-hydrogen) atoms. The molecule has 0 atom stereocenters. The maximum absolute atomic E-state index is 4.95. The summed E-state index contributed by atoms with van der Waals surface area (Å²) >= 11 is 1.51. The lowest BCUT2D eigenvalue weighted by molar-refractivity contribution is 0.372. The van der Waals surface area contributed by atoms with Gasteiger partial charge in [0, 0.05) is 70.0 Å². The number of piperazine rings is 1. The van der Waals surface area contributed by atoms with Gasteiger partial charge in [0.05, 0.1) is 6.54 Å². The third kappa shape index (κ3) is 5.64. The SMILES string of the molecule is CCNC(=NCc1ccnc(N2CCCCC2)c1)N1CCN(c2nc(CC)ns2)CC1. The lowest BCUT2D eigenvalue weighted by atomic mass is 10.1. The van der Waals surface area contributed by atoms with E-state index in [0.29, 0.717) is 6.54 Å². The van der Waals surface area contributed by atoms with Crippen molar-refractivity contribution in [3.63, 3.8) is 0 Å². The second-order valence-corrected chi connectivity index (χ2v) is 8.79. The van der Waals surface area contributed by atoms with Crippen LogP contribution in [0.3, 0.4) is 0 Å². The van der Waals surface area contributed by atoms with Crippen molar-refractivity contribution in [3.8, 4) is 0 Å². The van der Waals surface area contributed by atoms with Gasteiger partial charge in [0.1, 0.15) is 11.6 Å². The largest absolute Gasteiger partial charge is 0.357 e. The summed E-state index contributed by atoms with van der Waals surface area (Å²) < 4.78 is 4.43. The van der Waals surface area contributed by atoms with Crippen molar-refractivity contribution in [2.75, 3.05) is 55.6 Å². The summed E-state index contributed by atoms with van der Waals surface area (Å²) in [7, 11) is 0. The highest BCUT2D eigenvalue weighted by atomic mass is 32.1. The van der Waals surface area contributed by atoms with Crippen LogP contribution in [0.15, 0.2) is 23.3 Å². The molecule has 0 aromatic carbocycles. The fourth-order valence-corrected chi connectivity index (χ4v) is 4.87. The number of hydrogen-bond donors (Lipinski definition) is 1. The number of piperidine rings is 1. The molecule has 0 spiro atoms. The Morgan fingerprint density at radius 3 is 2.58 bits per heavy atom. The minimum Gasteiger partial charge on any atom is -0.357 e. The molecule has 0 radical (unpaired) electrons. The summed E-state index contributed by atoms with van der Waals surface area (Å²) in [4.78, 5) is 21.3. The van der Waals surface area contributed by atoms with Crippen molar-refractivity contribution in [1.82, 2.24) is 24.6 Å². The number of aromatic nitrogens is 3. The van der Waals surface area contributed by atoms with Gasteiger partial charge < -0.3 is 20.0 Å². The third-order valence-electron chi connectivity index (χ3n) is 5.86. The Hall–Kier alpha value is -2.42. The normalized spacial score (nSPS) is 17.9. The molecule has 2 saturated heterocycles. The number of nitrogens with zero attached hydrogens (tertiary/aromatic N) is 7. The summed E-state index contributed by atoms with van der Waals surface area (Å²) in [5.41, 5.74) is 1.21. The van der Waals surface area contributed by atoms with E-state index in [1.807, 2.05) is 6.20 Å². The minimum absolute atomic E-state index is 0.669. The highest BCUT2D eigenvalue weighted by molar-refractivity contribution is 7.09. The van der Waals surface area contributed by atoms with Crippen molar-refractivity contribution in [3.05, 3.63) is 29.7 Å². The molecule has 2 aromatic heterocycles. The van der Waals surface area contributed by atoms with Gasteiger partial charge in [-0.2, -0.15) is 4.37 Å². The fourth-order valence-electron chi connectivity index (χ4n) is 4.07. The van der Waals surface area contributed by atoms with Gasteiger partial charge in [-0.1, -0.05) is 6.92 Å². The van der Waals surface area contributed by atoms with E-state index in [1.54, 1.807) is 0 Å². The smallest absolute Gasteiger partial charge is 0.205 e. The summed E-state index contributed by atoms with van der Waals surface area (Å²) in [5, 5.41) is 4.52. The topological polar surface area (TPSA) is 72.8 Å². The number of pyridine rings is 1. The van der Waals surface area contributed by atoms with Crippen molar-refractivity contribution in [1.29, 1.82) is 0 Å². The van der Waals surface area contributed by atoms with Crippen molar-refractivity contribution in [2.45, 2.75) is 46.1 Å². The number of hydrogen-bond acceptors (Lipinski definition) is 7. The molecule has 2 aliphatic rings. The molecule has 1 N–H and O–H groups in total. The van der Waals surface area contributed by atoms with E-state index in [2.05, 4.69) is 60.3 Å². The molecular weight excluding hydrogens is 408 g/mol. The highest BCUT2D eigenvalue weighted by Gasteiger charge is 2.22. The van der Waals surface area contributed by atoms with Crippen LogP contribution in [-0.4, -0.2) is 71.0 Å². The molecule has 2 aliphatic heterocycles. The Morgan fingerprint density at radius 2 is 1.87 bits per heavy atom. The third-order valence-corrected chi connectivity index (χ3v) is 6.67. The van der Waals surface area contributed by atoms with Crippen LogP contribution in [0.2, 0.25) is 0 Å². The monoisotopic (exact) mass is 442 g/mol. The predicted molar refractivity (Wildman–Crippen MR) is 128 cm³/mol. The first-order chi connectivity index (χ1) is 15.3. The molecule has 4 heterocycles. The Morgan fingerprint density at radius 1 is 1.06 bits per heavy atom. The van der Waals surface area contributed by atoms with E-state index in [4.69, 9.17) is 4.99 Å². The predicted octanol–water partition coefficient (Wildman–Crippen LogP) is 2.77. The van der Waals surface area contributed by atoms with Crippen molar-refractivity contribution >= 4 is 28.4 Å². The van der Waals surface area contributed by atoms with Gasteiger partial charge in [-0.3, -0.25) is 0 Å². The number of guanidine groups is 1. The molecule has 168 valence electrons. The van der Waals surface area contributed by atoms with Crippen LogP contribution < -0.4 is 15.1 Å². The number of aliphatic imine (C=N–C) groups is 1. The summed E-state index contributed by atoms with van der Waals surface area (Å²) in [5.74, 6) is 3.03. The van der Waals surface area contributed by atoms with Crippen LogP contribution in [0.4, 0.5) is 10.9 Å². The highest BCUT2D eigenvalue weighted by Crippen LogP contribution is 2.20. The van der Waals surface area contributed by atoms with Gasteiger partial charge in [0.2, 0.25) is 5.13 Å². The Kier molecular flexibility index (Phi) is 7.56. The molecule has 4 rings (SSSR count). The second kappa shape index (κ2) is 10.7. The Labute approximate surface area is 189 Å². The van der Waals surface area contributed by atoms with E-state index < -0.39 is 0 Å². The molecule has 0 amide bonds. The summed E-state index contributed by atoms with van der Waals surface area (Å²) in [6.45, 7) is 11.7. The molecule has 9 heteroatoms. The van der Waals surface area contributed by atoms with Crippen LogP contribution in [-0.2, 0) is 13.0 Å². The summed E-state index contributed by atoms with van der Waals surface area (Å²) in [6.07, 6.45) is 6.67. The first kappa shape index (κ1) is 21.8. The van der Waals surface area contributed by atoms with E-state index >= 15 is 0 Å². The molecule has 0 unspecified atom stereocenters. The minimum atomic E-state index is 0.669. The van der Waals surface area contributed by atoms with Crippen LogP contribution in [0.1, 0.15) is 44.5 Å². The number of nitrogens with one attached hydrogen (secondary N) is 1. The van der Waals surface area contributed by atoms with Gasteiger partial charge in [-0.25, -0.2) is 15.0 Å². The van der Waals surface area contributed by atoms with Gasteiger partial charge in [-0.05, 0) is 43.9 Å². The molecule has 2 fully saturated rings.